The molecule has 2 N–H and O–H groups in total. The molecule has 0 saturated carbocycles. The van der Waals surface area contributed by atoms with Gasteiger partial charge in [0.1, 0.15) is 5.69 Å². The second kappa shape index (κ2) is 3.97. The normalized spacial score (nSPS) is 11.3. The van der Waals surface area contributed by atoms with E-state index in [4.69, 9.17) is 5.73 Å². The number of nitrogens with two attached hydrogens (primary N) is 1. The van der Waals surface area contributed by atoms with Gasteiger partial charge in [0.05, 0.1) is 5.52 Å². The zero-order valence-electron chi connectivity index (χ0n) is 8.47. The van der Waals surface area contributed by atoms with Crippen LogP contribution in [0.4, 0.5) is 14.5 Å². The van der Waals surface area contributed by atoms with Crippen LogP contribution in [0.3, 0.4) is 0 Å². The van der Waals surface area contributed by atoms with E-state index >= 15 is 0 Å². The van der Waals surface area contributed by atoms with Crippen LogP contribution in [0.15, 0.2) is 22.7 Å². The monoisotopic (exact) mass is 286 g/mol. The molecule has 0 unspecified atom stereocenters. The van der Waals surface area contributed by atoms with Crippen molar-refractivity contribution < 1.29 is 8.78 Å². The molecule has 0 amide bonds. The summed E-state index contributed by atoms with van der Waals surface area (Å²) in [5.41, 5.74) is 7.14. The van der Waals surface area contributed by atoms with Gasteiger partial charge in [-0.25, -0.2) is 13.8 Å². The largest absolute Gasteiger partial charge is 0.398 e. The van der Waals surface area contributed by atoms with E-state index in [1.807, 2.05) is 19.1 Å². The minimum atomic E-state index is -2.61. The second-order valence-electron chi connectivity index (χ2n) is 3.52. The van der Waals surface area contributed by atoms with Crippen molar-refractivity contribution >= 4 is 32.5 Å². The van der Waals surface area contributed by atoms with E-state index < -0.39 is 6.43 Å². The molecule has 0 aliphatic rings. The Hall–Kier alpha value is -1.23. The number of rotatable bonds is 1. The van der Waals surface area contributed by atoms with E-state index in [2.05, 4.69) is 20.9 Å². The molecule has 84 valence electrons. The molecule has 0 fully saturated rings. The van der Waals surface area contributed by atoms with Crippen molar-refractivity contribution in [1.82, 2.24) is 4.98 Å². The molecule has 2 nitrogen and oxygen atoms in total. The highest BCUT2D eigenvalue weighted by atomic mass is 79.9. The third kappa shape index (κ3) is 1.75. The Balaban J connectivity index is 2.86. The number of pyridine rings is 1. The number of aryl methyl sites for hydroxylation is 1. The summed E-state index contributed by atoms with van der Waals surface area (Å²) in [6.45, 7) is 1.82. The van der Waals surface area contributed by atoms with Crippen molar-refractivity contribution in [3.8, 4) is 0 Å². The fourth-order valence-corrected chi connectivity index (χ4v) is 2.14. The highest BCUT2D eigenvalue weighted by Gasteiger charge is 2.14. The number of aromatic nitrogens is 1. The van der Waals surface area contributed by atoms with Gasteiger partial charge in [0.25, 0.3) is 6.43 Å². The molecule has 0 aliphatic heterocycles. The number of benzene rings is 1. The highest BCUT2D eigenvalue weighted by molar-refractivity contribution is 9.10. The molecule has 1 aromatic heterocycles. The van der Waals surface area contributed by atoms with Gasteiger partial charge >= 0.3 is 0 Å². The van der Waals surface area contributed by atoms with Crippen LogP contribution in [0.25, 0.3) is 10.9 Å². The predicted octanol–water partition coefficient (Wildman–Crippen LogP) is 3.83. The molecule has 0 bridgehead atoms. The average Bonchev–Trinajstić information content (AvgIpc) is 2.22. The zero-order valence-corrected chi connectivity index (χ0v) is 10.1. The van der Waals surface area contributed by atoms with E-state index in [1.165, 1.54) is 6.07 Å². The lowest BCUT2D eigenvalue weighted by Crippen LogP contribution is -1.98. The molecule has 0 atom stereocenters. The molecule has 1 aromatic carbocycles. The number of hydrogen-bond acceptors (Lipinski definition) is 2. The van der Waals surface area contributed by atoms with Crippen LogP contribution < -0.4 is 5.73 Å². The number of nitrogen functional groups attached to an aromatic ring is 1. The number of alkyl halides is 2. The molecular weight excluding hydrogens is 278 g/mol. The molecule has 5 heteroatoms. The number of anilines is 1. The Bertz CT molecular complexity index is 555. The topological polar surface area (TPSA) is 38.9 Å². The van der Waals surface area contributed by atoms with Crippen LogP contribution in [0.1, 0.15) is 17.7 Å². The van der Waals surface area contributed by atoms with E-state index in [9.17, 15) is 8.78 Å². The number of halogens is 3. The molecule has 0 aliphatic carbocycles. The van der Waals surface area contributed by atoms with E-state index in [1.54, 1.807) is 0 Å². The first-order valence-corrected chi connectivity index (χ1v) is 5.43. The lowest BCUT2D eigenvalue weighted by molar-refractivity contribution is 0.146. The van der Waals surface area contributed by atoms with Gasteiger partial charge in [0.15, 0.2) is 0 Å². The van der Waals surface area contributed by atoms with Crippen LogP contribution >= 0.6 is 15.9 Å². The highest BCUT2D eigenvalue weighted by Crippen LogP contribution is 2.32. The molecule has 0 radical (unpaired) electrons. The third-order valence-corrected chi connectivity index (χ3v) is 3.05. The first-order chi connectivity index (χ1) is 7.50. The number of fused-ring (bicyclic) bond motifs is 1. The summed E-state index contributed by atoms with van der Waals surface area (Å²) in [5, 5.41) is 0.685. The summed E-state index contributed by atoms with van der Waals surface area (Å²) in [5.74, 6) is 0. The maximum atomic E-state index is 12.6. The molecular formula is C11H9BrF2N2. The first-order valence-electron chi connectivity index (χ1n) is 4.64. The van der Waals surface area contributed by atoms with Crippen LogP contribution in [-0.2, 0) is 0 Å². The van der Waals surface area contributed by atoms with Crippen molar-refractivity contribution in [1.29, 1.82) is 0 Å². The quantitative estimate of drug-likeness (QED) is 0.865. The zero-order chi connectivity index (χ0) is 11.9. The standard InChI is InChI=1S/C11H9BrF2N2/c1-5-2-3-6(12)9-7(15)4-8(11(13)14)16-10(5)9/h2-4,11H,1H3,(H2,15,16). The van der Waals surface area contributed by atoms with Gasteiger partial charge in [0, 0.05) is 15.5 Å². The SMILES string of the molecule is Cc1ccc(Br)c2c(N)cc(C(F)F)nc12. The maximum Gasteiger partial charge on any atom is 0.280 e. The summed E-state index contributed by atoms with van der Waals surface area (Å²) >= 11 is 3.34. The van der Waals surface area contributed by atoms with E-state index in [-0.39, 0.29) is 5.69 Å². The number of nitrogens with zero attached hydrogens (tertiary/aromatic N) is 1. The van der Waals surface area contributed by atoms with Gasteiger partial charge in [-0.15, -0.1) is 0 Å². The summed E-state index contributed by atoms with van der Waals surface area (Å²) in [6.07, 6.45) is -2.61. The fraction of sp³-hybridized carbons (Fsp3) is 0.182. The smallest absolute Gasteiger partial charge is 0.280 e. The van der Waals surface area contributed by atoms with Gasteiger partial charge in [-0.3, -0.25) is 0 Å². The fourth-order valence-electron chi connectivity index (χ4n) is 1.59. The molecule has 16 heavy (non-hydrogen) atoms. The summed E-state index contributed by atoms with van der Waals surface area (Å²) in [4.78, 5) is 3.94. The average molecular weight is 287 g/mol. The summed E-state index contributed by atoms with van der Waals surface area (Å²) in [6, 6.07) is 4.86. The molecule has 2 rings (SSSR count). The van der Waals surface area contributed by atoms with E-state index in [0.29, 0.717) is 16.6 Å². The Morgan fingerprint density at radius 2 is 2.06 bits per heavy atom. The minimum absolute atomic E-state index is 0.286. The Labute approximate surface area is 99.6 Å². The molecule has 1 heterocycles. The molecule has 0 saturated heterocycles. The maximum absolute atomic E-state index is 12.6. The Morgan fingerprint density at radius 3 is 2.69 bits per heavy atom. The van der Waals surface area contributed by atoms with Crippen molar-refractivity contribution in [2.75, 3.05) is 5.73 Å². The summed E-state index contributed by atoms with van der Waals surface area (Å²) < 4.78 is 25.9. The lowest BCUT2D eigenvalue weighted by atomic mass is 10.1. The van der Waals surface area contributed by atoms with Gasteiger partial charge < -0.3 is 5.73 Å². The lowest BCUT2D eigenvalue weighted by Gasteiger charge is -2.09. The van der Waals surface area contributed by atoms with Gasteiger partial charge in [-0.1, -0.05) is 22.0 Å². The van der Waals surface area contributed by atoms with Crippen LogP contribution in [-0.4, -0.2) is 4.98 Å². The van der Waals surface area contributed by atoms with Crippen molar-refractivity contribution in [3.05, 3.63) is 33.9 Å². The third-order valence-electron chi connectivity index (χ3n) is 2.39. The van der Waals surface area contributed by atoms with Crippen LogP contribution in [0.2, 0.25) is 0 Å². The van der Waals surface area contributed by atoms with Crippen molar-refractivity contribution in [2.45, 2.75) is 13.3 Å². The van der Waals surface area contributed by atoms with E-state index in [0.717, 1.165) is 10.0 Å². The predicted molar refractivity (Wildman–Crippen MR) is 63.5 cm³/mol. The minimum Gasteiger partial charge on any atom is -0.398 e. The van der Waals surface area contributed by atoms with Gasteiger partial charge in [0.2, 0.25) is 0 Å². The second-order valence-corrected chi connectivity index (χ2v) is 4.38. The molecule has 0 spiro atoms. The van der Waals surface area contributed by atoms with Gasteiger partial charge in [-0.05, 0) is 24.6 Å². The number of hydrogen-bond donors (Lipinski definition) is 1. The Kier molecular flexibility index (Phi) is 2.80. The van der Waals surface area contributed by atoms with Crippen molar-refractivity contribution in [2.24, 2.45) is 0 Å². The first kappa shape index (κ1) is 11.3. The summed E-state index contributed by atoms with van der Waals surface area (Å²) in [7, 11) is 0. The van der Waals surface area contributed by atoms with Crippen LogP contribution in [0.5, 0.6) is 0 Å². The van der Waals surface area contributed by atoms with Gasteiger partial charge in [-0.2, -0.15) is 0 Å². The van der Waals surface area contributed by atoms with Crippen LogP contribution in [0, 0.1) is 6.92 Å². The van der Waals surface area contributed by atoms with Crippen molar-refractivity contribution in [3.63, 3.8) is 0 Å². The Morgan fingerprint density at radius 1 is 1.38 bits per heavy atom. The molecule has 2 aromatic rings.